The molecule has 0 saturated heterocycles. The van der Waals surface area contributed by atoms with E-state index in [0.717, 1.165) is 62.7 Å². The average molecular weight is 496 g/mol. The van der Waals surface area contributed by atoms with Crippen LogP contribution >= 0.6 is 11.3 Å². The Balaban J connectivity index is 1.73. The summed E-state index contributed by atoms with van der Waals surface area (Å²) in [4.78, 5) is 28.3. The van der Waals surface area contributed by atoms with Crippen molar-refractivity contribution >= 4 is 34.5 Å². The number of methoxy groups -OCH3 is 1. The van der Waals surface area contributed by atoms with Gasteiger partial charge in [0.1, 0.15) is 10.7 Å². The molecule has 0 aromatic carbocycles. The number of anilines is 1. The van der Waals surface area contributed by atoms with Gasteiger partial charge >= 0.3 is 5.97 Å². The van der Waals surface area contributed by atoms with Crippen LogP contribution in [-0.2, 0) is 9.53 Å². The van der Waals surface area contributed by atoms with Gasteiger partial charge in [-0.25, -0.2) is 13.6 Å². The van der Waals surface area contributed by atoms with Crippen molar-refractivity contribution in [1.29, 1.82) is 0 Å². The summed E-state index contributed by atoms with van der Waals surface area (Å²) in [5.41, 5.74) is 0.595. The lowest BCUT2D eigenvalue weighted by atomic mass is 9.81. The number of allylic oxidation sites excluding steroid dienone is 2. The Morgan fingerprint density at radius 2 is 1.76 bits per heavy atom. The molecule has 0 spiro atoms. The number of halogens is 2. The largest absolute Gasteiger partial charge is 0.477 e. The second-order valence-corrected chi connectivity index (χ2v) is 11.2. The van der Waals surface area contributed by atoms with E-state index in [0.29, 0.717) is 29.3 Å². The normalized spacial score (nSPS) is 30.3. The number of amides is 1. The summed E-state index contributed by atoms with van der Waals surface area (Å²) >= 11 is 0.959. The number of hydrogen-bond donors (Lipinski definition) is 1. The summed E-state index contributed by atoms with van der Waals surface area (Å²) in [6, 6.07) is 1.50. The van der Waals surface area contributed by atoms with E-state index in [1.165, 1.54) is 0 Å². The fourth-order valence-electron chi connectivity index (χ4n) is 5.73. The van der Waals surface area contributed by atoms with Crippen molar-refractivity contribution in [2.75, 3.05) is 12.0 Å². The molecule has 1 amide bonds. The van der Waals surface area contributed by atoms with Gasteiger partial charge in [-0.15, -0.1) is 11.3 Å². The molecule has 0 radical (unpaired) electrons. The average Bonchev–Trinajstić information content (AvgIpc) is 3.27. The Morgan fingerprint density at radius 1 is 1.09 bits per heavy atom. The van der Waals surface area contributed by atoms with Crippen LogP contribution in [0.25, 0.3) is 5.57 Å². The number of thiophene rings is 1. The van der Waals surface area contributed by atoms with Crippen LogP contribution in [-0.4, -0.2) is 42.4 Å². The number of hydrogen-bond acceptors (Lipinski definition) is 4. The van der Waals surface area contributed by atoms with Gasteiger partial charge in [0.05, 0.1) is 11.8 Å². The first-order valence-electron chi connectivity index (χ1n) is 12.6. The Kier molecular flexibility index (Phi) is 8.08. The van der Waals surface area contributed by atoms with E-state index in [4.69, 9.17) is 4.74 Å². The highest BCUT2D eigenvalue weighted by molar-refractivity contribution is 7.15. The third-order valence-electron chi connectivity index (χ3n) is 7.86. The SMILES string of the molecule is CO[C@H]1CC[C@H](N(c2cc(C3=C(F)C(F)CCC3)sc2C(=O)O)C(=O)[C@H]2CC[C@H](C)CC2)CC1. The first-order chi connectivity index (χ1) is 16.3. The van der Waals surface area contributed by atoms with Gasteiger partial charge < -0.3 is 14.7 Å². The highest BCUT2D eigenvalue weighted by Crippen LogP contribution is 2.44. The van der Waals surface area contributed by atoms with Gasteiger partial charge in [-0.05, 0) is 82.6 Å². The third-order valence-corrected chi connectivity index (χ3v) is 9.03. The van der Waals surface area contributed by atoms with E-state index in [2.05, 4.69) is 6.92 Å². The zero-order valence-corrected chi connectivity index (χ0v) is 20.8. The minimum Gasteiger partial charge on any atom is -0.477 e. The van der Waals surface area contributed by atoms with Crippen molar-refractivity contribution in [3.8, 4) is 0 Å². The maximum atomic E-state index is 14.7. The Labute approximate surface area is 204 Å². The summed E-state index contributed by atoms with van der Waals surface area (Å²) < 4.78 is 34.2. The van der Waals surface area contributed by atoms with E-state index in [9.17, 15) is 23.5 Å². The second kappa shape index (κ2) is 10.9. The van der Waals surface area contributed by atoms with Gasteiger partial charge in [0.25, 0.3) is 0 Å². The Bertz CT molecular complexity index is 929. The molecule has 2 saturated carbocycles. The topological polar surface area (TPSA) is 66.8 Å². The standard InChI is InChI=1S/C26H35F2NO4S/c1-15-6-8-16(9-7-15)25(30)29(17-10-12-18(33-2)13-11-17)21-14-22(34-24(21)26(31)32)19-4-3-5-20(27)23(19)28/h14-18,20H,3-13H2,1-2H3,(H,31,32)/t15-,16-,17-,18-,20?. The molecule has 1 aromatic rings. The molecule has 5 nitrogen and oxygen atoms in total. The number of carbonyl (C=O) groups is 2. The zero-order valence-electron chi connectivity index (χ0n) is 20.0. The van der Waals surface area contributed by atoms with E-state index in [1.54, 1.807) is 18.1 Å². The zero-order chi connectivity index (χ0) is 24.4. The molecule has 4 rings (SSSR count). The highest BCUT2D eigenvalue weighted by atomic mass is 32.1. The molecule has 1 aromatic heterocycles. The lowest BCUT2D eigenvalue weighted by Crippen LogP contribution is -2.47. The number of rotatable bonds is 6. The third kappa shape index (κ3) is 5.23. The molecule has 1 unspecified atom stereocenters. The number of nitrogens with zero attached hydrogens (tertiary/aromatic N) is 1. The van der Waals surface area contributed by atoms with Crippen LogP contribution in [0.1, 0.15) is 92.1 Å². The van der Waals surface area contributed by atoms with E-state index >= 15 is 0 Å². The maximum Gasteiger partial charge on any atom is 0.348 e. The van der Waals surface area contributed by atoms with Gasteiger partial charge in [-0.3, -0.25) is 4.79 Å². The van der Waals surface area contributed by atoms with Gasteiger partial charge in [-0.1, -0.05) is 6.92 Å². The minimum absolute atomic E-state index is 0.0268. The molecular weight excluding hydrogens is 460 g/mol. The number of carbonyl (C=O) groups excluding carboxylic acids is 1. The number of alkyl halides is 1. The number of aromatic carboxylic acids is 1. The quantitative estimate of drug-likeness (QED) is 0.473. The summed E-state index contributed by atoms with van der Waals surface area (Å²) in [7, 11) is 1.69. The van der Waals surface area contributed by atoms with Crippen molar-refractivity contribution in [3.05, 3.63) is 21.6 Å². The lowest BCUT2D eigenvalue weighted by molar-refractivity contribution is -0.124. The number of carboxylic acids is 1. The van der Waals surface area contributed by atoms with Crippen LogP contribution in [0.3, 0.4) is 0 Å². The highest BCUT2D eigenvalue weighted by Gasteiger charge is 2.38. The van der Waals surface area contributed by atoms with Gasteiger partial charge in [0, 0.05) is 29.5 Å². The van der Waals surface area contributed by atoms with E-state index in [1.807, 2.05) is 0 Å². The summed E-state index contributed by atoms with van der Waals surface area (Å²) in [6.07, 6.45) is 6.15. The molecule has 8 heteroatoms. The lowest BCUT2D eigenvalue weighted by Gasteiger charge is -2.39. The van der Waals surface area contributed by atoms with Crippen molar-refractivity contribution < 1.29 is 28.2 Å². The first kappa shape index (κ1) is 25.3. The van der Waals surface area contributed by atoms with Crippen molar-refractivity contribution in [3.63, 3.8) is 0 Å². The monoisotopic (exact) mass is 495 g/mol. The molecule has 3 aliphatic rings. The predicted octanol–water partition coefficient (Wildman–Crippen LogP) is 6.77. The molecule has 34 heavy (non-hydrogen) atoms. The summed E-state index contributed by atoms with van der Waals surface area (Å²) in [6.45, 7) is 2.20. The smallest absolute Gasteiger partial charge is 0.348 e. The molecule has 3 aliphatic carbocycles. The van der Waals surface area contributed by atoms with Crippen LogP contribution in [0.4, 0.5) is 14.5 Å². The summed E-state index contributed by atoms with van der Waals surface area (Å²) in [5.74, 6) is -1.51. The molecular formula is C26H35F2NO4S. The van der Waals surface area contributed by atoms with Gasteiger partial charge in [0.15, 0.2) is 6.17 Å². The molecule has 0 bridgehead atoms. The molecule has 1 atom stereocenters. The number of ether oxygens (including phenoxy) is 1. The van der Waals surface area contributed by atoms with Crippen LogP contribution in [0, 0.1) is 11.8 Å². The predicted molar refractivity (Wildman–Crippen MR) is 130 cm³/mol. The Morgan fingerprint density at radius 3 is 2.38 bits per heavy atom. The van der Waals surface area contributed by atoms with Crippen LogP contribution in [0.2, 0.25) is 0 Å². The van der Waals surface area contributed by atoms with Crippen molar-refractivity contribution in [1.82, 2.24) is 0 Å². The maximum absolute atomic E-state index is 14.7. The summed E-state index contributed by atoms with van der Waals surface area (Å²) in [5, 5.41) is 10.0. The number of carboxylic acid groups (broad SMARTS) is 1. The first-order valence-corrected chi connectivity index (χ1v) is 13.4. The molecule has 1 heterocycles. The fourth-order valence-corrected chi connectivity index (χ4v) is 6.80. The van der Waals surface area contributed by atoms with Crippen LogP contribution in [0.5, 0.6) is 0 Å². The van der Waals surface area contributed by atoms with Crippen LogP contribution in [0.15, 0.2) is 11.9 Å². The molecule has 188 valence electrons. The van der Waals surface area contributed by atoms with Crippen molar-refractivity contribution in [2.24, 2.45) is 11.8 Å². The molecule has 0 aliphatic heterocycles. The minimum atomic E-state index is -1.64. The second-order valence-electron chi connectivity index (χ2n) is 10.1. The van der Waals surface area contributed by atoms with Crippen LogP contribution < -0.4 is 4.90 Å². The van der Waals surface area contributed by atoms with Crippen molar-refractivity contribution in [2.45, 2.75) is 95.9 Å². The molecule has 2 fully saturated rings. The van der Waals surface area contributed by atoms with Gasteiger partial charge in [-0.2, -0.15) is 0 Å². The van der Waals surface area contributed by atoms with Gasteiger partial charge in [0.2, 0.25) is 5.91 Å². The van der Waals surface area contributed by atoms with E-state index in [-0.39, 0.29) is 40.8 Å². The molecule has 1 N–H and O–H groups in total. The fraction of sp³-hybridized carbons (Fsp3) is 0.692. The van der Waals surface area contributed by atoms with E-state index < -0.39 is 18.0 Å². The Hall–Kier alpha value is -1.80.